The van der Waals surface area contributed by atoms with E-state index >= 15 is 0 Å². The van der Waals surface area contributed by atoms with Crippen LogP contribution >= 0.6 is 0 Å². The molecule has 2 unspecified atom stereocenters. The number of hydrogen-bond acceptors (Lipinski definition) is 3. The summed E-state index contributed by atoms with van der Waals surface area (Å²) in [4.78, 5) is 0. The minimum atomic E-state index is 0.204. The zero-order valence-corrected chi connectivity index (χ0v) is 9.53. The van der Waals surface area contributed by atoms with Gasteiger partial charge in [-0.05, 0) is 30.2 Å². The molecule has 2 atom stereocenters. The second-order valence-corrected chi connectivity index (χ2v) is 4.56. The van der Waals surface area contributed by atoms with Gasteiger partial charge in [0.25, 0.3) is 0 Å². The molecule has 0 bridgehead atoms. The maximum atomic E-state index is 5.75. The normalized spacial score (nSPS) is 28.6. The molecule has 0 spiro atoms. The van der Waals surface area contributed by atoms with E-state index in [1.165, 1.54) is 11.1 Å². The first-order valence-electron chi connectivity index (χ1n) is 5.95. The quantitative estimate of drug-likeness (QED) is 0.779. The summed E-state index contributed by atoms with van der Waals surface area (Å²) >= 11 is 0. The van der Waals surface area contributed by atoms with Gasteiger partial charge in [0.15, 0.2) is 0 Å². The smallest absolute Gasteiger partial charge is 0.123 e. The highest BCUT2D eigenvalue weighted by atomic mass is 16.5. The average molecular weight is 219 g/mol. The second kappa shape index (κ2) is 4.07. The first-order valence-corrected chi connectivity index (χ1v) is 5.95. The molecule has 1 saturated heterocycles. The summed E-state index contributed by atoms with van der Waals surface area (Å²) in [7, 11) is 0. The van der Waals surface area contributed by atoms with Crippen LogP contribution in [0.1, 0.15) is 24.2 Å². The van der Waals surface area contributed by atoms with Crippen molar-refractivity contribution in [3.8, 4) is 5.75 Å². The Hall–Kier alpha value is -1.06. The second-order valence-electron chi connectivity index (χ2n) is 4.56. The summed E-state index contributed by atoms with van der Waals surface area (Å²) in [5.41, 5.74) is 2.59. The zero-order chi connectivity index (χ0) is 11.0. The van der Waals surface area contributed by atoms with Crippen LogP contribution in [0.3, 0.4) is 0 Å². The van der Waals surface area contributed by atoms with Crippen molar-refractivity contribution >= 4 is 0 Å². The van der Waals surface area contributed by atoms with Gasteiger partial charge in [-0.2, -0.15) is 0 Å². The molecule has 0 aromatic heterocycles. The Morgan fingerprint density at radius 2 is 2.31 bits per heavy atom. The Kier molecular flexibility index (Phi) is 2.58. The monoisotopic (exact) mass is 219 g/mol. The van der Waals surface area contributed by atoms with Crippen LogP contribution in [0.2, 0.25) is 0 Å². The highest BCUT2D eigenvalue weighted by Crippen LogP contribution is 2.32. The van der Waals surface area contributed by atoms with E-state index in [1.54, 1.807) is 0 Å². The highest BCUT2D eigenvalue weighted by Gasteiger charge is 2.22. The van der Waals surface area contributed by atoms with Crippen LogP contribution in [0.25, 0.3) is 0 Å². The van der Waals surface area contributed by atoms with Gasteiger partial charge in [-0.15, -0.1) is 0 Å². The summed E-state index contributed by atoms with van der Waals surface area (Å²) in [6, 6.07) is 6.43. The van der Waals surface area contributed by atoms with Crippen LogP contribution in [-0.2, 0) is 11.2 Å². The lowest BCUT2D eigenvalue weighted by Crippen LogP contribution is -2.33. The number of hydrogen-bond donors (Lipinski definition) is 1. The summed E-state index contributed by atoms with van der Waals surface area (Å²) < 4.78 is 11.4. The SMILES string of the molecule is CC1Cc2cc(C3CNCCO3)ccc2O1. The fourth-order valence-electron chi connectivity index (χ4n) is 2.42. The molecule has 0 radical (unpaired) electrons. The molecule has 2 aliphatic heterocycles. The molecule has 1 N–H and O–H groups in total. The first kappa shape index (κ1) is 10.1. The molecule has 3 heteroatoms. The van der Waals surface area contributed by atoms with E-state index in [-0.39, 0.29) is 6.10 Å². The summed E-state index contributed by atoms with van der Waals surface area (Å²) in [6.07, 6.45) is 1.54. The third kappa shape index (κ3) is 1.81. The third-order valence-corrected chi connectivity index (χ3v) is 3.22. The van der Waals surface area contributed by atoms with Crippen molar-refractivity contribution in [2.75, 3.05) is 19.7 Å². The van der Waals surface area contributed by atoms with E-state index < -0.39 is 0 Å². The Morgan fingerprint density at radius 3 is 3.12 bits per heavy atom. The molecule has 1 aromatic rings. The van der Waals surface area contributed by atoms with Crippen LogP contribution in [0.5, 0.6) is 5.75 Å². The molecule has 0 amide bonds. The maximum Gasteiger partial charge on any atom is 0.123 e. The minimum Gasteiger partial charge on any atom is -0.490 e. The Bertz CT molecular complexity index is 386. The fourth-order valence-corrected chi connectivity index (χ4v) is 2.42. The average Bonchev–Trinajstić information content (AvgIpc) is 2.69. The lowest BCUT2D eigenvalue weighted by atomic mass is 10.0. The van der Waals surface area contributed by atoms with Crippen LogP contribution in [0, 0.1) is 0 Å². The molecular weight excluding hydrogens is 202 g/mol. The van der Waals surface area contributed by atoms with E-state index in [0.29, 0.717) is 6.10 Å². The van der Waals surface area contributed by atoms with Gasteiger partial charge in [0.05, 0.1) is 12.7 Å². The van der Waals surface area contributed by atoms with Gasteiger partial charge < -0.3 is 14.8 Å². The molecule has 2 heterocycles. The minimum absolute atomic E-state index is 0.204. The Labute approximate surface area is 95.8 Å². The number of nitrogens with one attached hydrogen (secondary N) is 1. The third-order valence-electron chi connectivity index (χ3n) is 3.22. The molecule has 0 aliphatic carbocycles. The predicted molar refractivity (Wildman–Crippen MR) is 61.8 cm³/mol. The molecule has 2 aliphatic rings. The standard InChI is InChI=1S/C13H17NO2/c1-9-6-11-7-10(2-3-12(11)16-9)13-8-14-4-5-15-13/h2-3,7,9,13-14H,4-6,8H2,1H3. The van der Waals surface area contributed by atoms with Crippen molar-refractivity contribution in [3.63, 3.8) is 0 Å². The molecule has 0 saturated carbocycles. The van der Waals surface area contributed by atoms with Crippen molar-refractivity contribution < 1.29 is 9.47 Å². The largest absolute Gasteiger partial charge is 0.490 e. The first-order chi connectivity index (χ1) is 7.83. The van der Waals surface area contributed by atoms with Crippen molar-refractivity contribution in [1.82, 2.24) is 5.32 Å². The van der Waals surface area contributed by atoms with Crippen LogP contribution in [0.4, 0.5) is 0 Å². The van der Waals surface area contributed by atoms with E-state index in [2.05, 4.69) is 30.4 Å². The van der Waals surface area contributed by atoms with Gasteiger partial charge in [-0.1, -0.05) is 6.07 Å². The van der Waals surface area contributed by atoms with E-state index in [0.717, 1.165) is 31.9 Å². The highest BCUT2D eigenvalue weighted by molar-refractivity contribution is 5.41. The molecule has 16 heavy (non-hydrogen) atoms. The Morgan fingerprint density at radius 1 is 1.38 bits per heavy atom. The fraction of sp³-hybridized carbons (Fsp3) is 0.538. The van der Waals surface area contributed by atoms with Crippen LogP contribution in [0.15, 0.2) is 18.2 Å². The van der Waals surface area contributed by atoms with E-state index in [4.69, 9.17) is 9.47 Å². The number of fused-ring (bicyclic) bond motifs is 1. The molecule has 1 aromatic carbocycles. The summed E-state index contributed by atoms with van der Waals surface area (Å²) in [6.45, 7) is 4.78. The Balaban J connectivity index is 1.84. The maximum absolute atomic E-state index is 5.75. The van der Waals surface area contributed by atoms with Crippen molar-refractivity contribution in [2.24, 2.45) is 0 Å². The number of ether oxygens (including phenoxy) is 2. The molecule has 3 nitrogen and oxygen atoms in total. The lowest BCUT2D eigenvalue weighted by Gasteiger charge is -2.24. The molecule has 1 fully saturated rings. The van der Waals surface area contributed by atoms with Crippen molar-refractivity contribution in [1.29, 1.82) is 0 Å². The van der Waals surface area contributed by atoms with Crippen LogP contribution in [-0.4, -0.2) is 25.8 Å². The summed E-state index contributed by atoms with van der Waals surface area (Å²) in [5.74, 6) is 1.04. The predicted octanol–water partition coefficient (Wildman–Crippen LogP) is 1.67. The molecule has 3 rings (SSSR count). The van der Waals surface area contributed by atoms with Gasteiger partial charge in [0.2, 0.25) is 0 Å². The molecular formula is C13H17NO2. The van der Waals surface area contributed by atoms with Gasteiger partial charge >= 0.3 is 0 Å². The lowest BCUT2D eigenvalue weighted by molar-refractivity contribution is 0.0276. The van der Waals surface area contributed by atoms with Gasteiger partial charge in [-0.3, -0.25) is 0 Å². The van der Waals surface area contributed by atoms with E-state index in [1.807, 2.05) is 0 Å². The topological polar surface area (TPSA) is 30.5 Å². The van der Waals surface area contributed by atoms with Crippen LogP contribution < -0.4 is 10.1 Å². The van der Waals surface area contributed by atoms with Gasteiger partial charge in [0.1, 0.15) is 11.9 Å². The van der Waals surface area contributed by atoms with Crippen molar-refractivity contribution in [3.05, 3.63) is 29.3 Å². The van der Waals surface area contributed by atoms with Crippen molar-refractivity contribution in [2.45, 2.75) is 25.6 Å². The summed E-state index contributed by atoms with van der Waals surface area (Å²) in [5, 5.41) is 3.35. The molecule has 86 valence electrons. The van der Waals surface area contributed by atoms with Gasteiger partial charge in [-0.25, -0.2) is 0 Å². The zero-order valence-electron chi connectivity index (χ0n) is 9.53. The number of morpholine rings is 1. The van der Waals surface area contributed by atoms with E-state index in [9.17, 15) is 0 Å². The number of rotatable bonds is 1. The van der Waals surface area contributed by atoms with Gasteiger partial charge in [0, 0.05) is 19.5 Å². The number of benzene rings is 1.